The third kappa shape index (κ3) is 3.43. The molecule has 106 valence electrons. The topological polar surface area (TPSA) is 37.8 Å². The van der Waals surface area contributed by atoms with Crippen molar-refractivity contribution in [2.45, 2.75) is 10.9 Å². The number of nitrogens with zero attached hydrogens (tertiary/aromatic N) is 2. The Labute approximate surface area is 132 Å². The number of hydrogen-bond acceptors (Lipinski definition) is 5. The molecule has 0 unspecified atom stereocenters. The van der Waals surface area contributed by atoms with Crippen molar-refractivity contribution in [3.05, 3.63) is 60.0 Å². The van der Waals surface area contributed by atoms with Gasteiger partial charge in [0.25, 0.3) is 0 Å². The SMILES string of the molecule is C=CCNc1nc(SCc2ccccc2)nc2ccsc12. The van der Waals surface area contributed by atoms with E-state index >= 15 is 0 Å². The fourth-order valence-corrected chi connectivity index (χ4v) is 3.52. The minimum Gasteiger partial charge on any atom is -0.365 e. The lowest BCUT2D eigenvalue weighted by atomic mass is 10.2. The second kappa shape index (κ2) is 6.74. The Morgan fingerprint density at radius 1 is 1.19 bits per heavy atom. The number of aromatic nitrogens is 2. The first-order valence-electron chi connectivity index (χ1n) is 6.63. The van der Waals surface area contributed by atoms with Gasteiger partial charge in [0.2, 0.25) is 0 Å². The van der Waals surface area contributed by atoms with Crippen LogP contribution < -0.4 is 5.32 Å². The van der Waals surface area contributed by atoms with E-state index in [1.54, 1.807) is 23.1 Å². The van der Waals surface area contributed by atoms with Crippen LogP contribution in [0.1, 0.15) is 5.56 Å². The summed E-state index contributed by atoms with van der Waals surface area (Å²) in [6.45, 7) is 4.44. The third-order valence-electron chi connectivity index (χ3n) is 2.91. The molecule has 0 bridgehead atoms. The molecule has 0 aliphatic heterocycles. The molecule has 0 saturated carbocycles. The number of hydrogen-bond donors (Lipinski definition) is 1. The van der Waals surface area contributed by atoms with Gasteiger partial charge in [-0.25, -0.2) is 9.97 Å². The van der Waals surface area contributed by atoms with E-state index in [0.717, 1.165) is 26.9 Å². The summed E-state index contributed by atoms with van der Waals surface area (Å²) in [5, 5.41) is 6.14. The number of nitrogens with one attached hydrogen (secondary N) is 1. The van der Waals surface area contributed by atoms with Gasteiger partial charge in [-0.15, -0.1) is 17.9 Å². The van der Waals surface area contributed by atoms with Crippen molar-refractivity contribution in [3.63, 3.8) is 0 Å². The summed E-state index contributed by atoms with van der Waals surface area (Å²) < 4.78 is 1.10. The van der Waals surface area contributed by atoms with Gasteiger partial charge in [0.15, 0.2) is 5.16 Å². The largest absolute Gasteiger partial charge is 0.365 e. The van der Waals surface area contributed by atoms with E-state index in [2.05, 4.69) is 46.1 Å². The van der Waals surface area contributed by atoms with Gasteiger partial charge in [0, 0.05) is 12.3 Å². The van der Waals surface area contributed by atoms with Crippen LogP contribution >= 0.6 is 23.1 Å². The highest BCUT2D eigenvalue weighted by molar-refractivity contribution is 7.98. The standard InChI is InChI=1S/C16H15N3S2/c1-2-9-17-15-14-13(8-10-20-14)18-16(19-15)21-11-12-6-4-3-5-7-12/h2-8,10H,1,9,11H2,(H,17,18,19). The van der Waals surface area contributed by atoms with Gasteiger partial charge in [-0.3, -0.25) is 0 Å². The minimum atomic E-state index is 0.701. The summed E-state index contributed by atoms with van der Waals surface area (Å²) in [6.07, 6.45) is 1.83. The Kier molecular flexibility index (Phi) is 4.52. The van der Waals surface area contributed by atoms with E-state index in [1.807, 2.05) is 23.6 Å². The highest BCUT2D eigenvalue weighted by Crippen LogP contribution is 2.29. The molecule has 3 aromatic rings. The molecule has 0 fully saturated rings. The highest BCUT2D eigenvalue weighted by atomic mass is 32.2. The highest BCUT2D eigenvalue weighted by Gasteiger charge is 2.09. The Balaban J connectivity index is 1.83. The van der Waals surface area contributed by atoms with E-state index in [-0.39, 0.29) is 0 Å². The average molecular weight is 313 g/mol. The van der Waals surface area contributed by atoms with Crippen molar-refractivity contribution in [2.75, 3.05) is 11.9 Å². The van der Waals surface area contributed by atoms with Crippen molar-refractivity contribution >= 4 is 39.1 Å². The summed E-state index contributed by atoms with van der Waals surface area (Å²) in [7, 11) is 0. The second-order valence-electron chi connectivity index (χ2n) is 4.43. The first kappa shape index (κ1) is 14.1. The summed E-state index contributed by atoms with van der Waals surface area (Å²) in [6, 6.07) is 12.4. The third-order valence-corrected chi connectivity index (χ3v) is 4.74. The lowest BCUT2D eigenvalue weighted by Gasteiger charge is -2.07. The normalized spacial score (nSPS) is 10.7. The molecule has 0 spiro atoms. The van der Waals surface area contributed by atoms with Crippen LogP contribution in [0.15, 0.2) is 59.6 Å². The van der Waals surface area contributed by atoms with Crippen LogP contribution in [0.25, 0.3) is 10.2 Å². The first-order valence-corrected chi connectivity index (χ1v) is 8.50. The summed E-state index contributed by atoms with van der Waals surface area (Å²) in [4.78, 5) is 9.24. The van der Waals surface area contributed by atoms with Crippen LogP contribution in [0.5, 0.6) is 0 Å². The van der Waals surface area contributed by atoms with E-state index in [4.69, 9.17) is 0 Å². The Morgan fingerprint density at radius 2 is 2.05 bits per heavy atom. The molecule has 21 heavy (non-hydrogen) atoms. The lowest BCUT2D eigenvalue weighted by Crippen LogP contribution is -2.02. The summed E-state index contributed by atoms with van der Waals surface area (Å²) in [5.74, 6) is 1.77. The zero-order chi connectivity index (χ0) is 14.5. The van der Waals surface area contributed by atoms with E-state index < -0.39 is 0 Å². The molecule has 3 rings (SSSR count). The predicted molar refractivity (Wildman–Crippen MR) is 92.1 cm³/mol. The molecule has 3 nitrogen and oxygen atoms in total. The second-order valence-corrected chi connectivity index (χ2v) is 6.29. The molecule has 5 heteroatoms. The number of thiophene rings is 1. The van der Waals surface area contributed by atoms with Crippen LogP contribution in [0.3, 0.4) is 0 Å². The molecule has 1 aromatic carbocycles. The minimum absolute atomic E-state index is 0.701. The van der Waals surface area contributed by atoms with Gasteiger partial charge < -0.3 is 5.32 Å². The van der Waals surface area contributed by atoms with Gasteiger partial charge in [-0.1, -0.05) is 48.2 Å². The maximum atomic E-state index is 4.63. The molecule has 0 amide bonds. The van der Waals surface area contributed by atoms with E-state index in [0.29, 0.717) is 6.54 Å². The van der Waals surface area contributed by atoms with Crippen LogP contribution in [0.4, 0.5) is 5.82 Å². The van der Waals surface area contributed by atoms with Gasteiger partial charge in [-0.05, 0) is 17.0 Å². The quantitative estimate of drug-likeness (QED) is 0.410. The molecule has 0 radical (unpaired) electrons. The molecular formula is C16H15N3S2. The molecular weight excluding hydrogens is 298 g/mol. The van der Waals surface area contributed by atoms with Crippen LogP contribution in [-0.4, -0.2) is 16.5 Å². The molecule has 1 N–H and O–H groups in total. The van der Waals surface area contributed by atoms with Gasteiger partial charge in [0.05, 0.1) is 10.2 Å². The number of rotatable bonds is 6. The van der Waals surface area contributed by atoms with Crippen molar-refractivity contribution in [1.82, 2.24) is 9.97 Å². The van der Waals surface area contributed by atoms with Gasteiger partial charge >= 0.3 is 0 Å². The Morgan fingerprint density at radius 3 is 2.86 bits per heavy atom. The van der Waals surface area contributed by atoms with E-state index in [1.165, 1.54) is 5.56 Å². The zero-order valence-corrected chi connectivity index (χ0v) is 13.1. The fourth-order valence-electron chi connectivity index (χ4n) is 1.92. The summed E-state index contributed by atoms with van der Waals surface area (Å²) in [5.41, 5.74) is 2.27. The van der Waals surface area contributed by atoms with Crippen molar-refractivity contribution in [3.8, 4) is 0 Å². The van der Waals surface area contributed by atoms with Crippen molar-refractivity contribution < 1.29 is 0 Å². The predicted octanol–water partition coefficient (Wildman–Crippen LogP) is 4.58. The molecule has 2 heterocycles. The molecule has 0 aliphatic rings. The molecule has 2 aromatic heterocycles. The maximum Gasteiger partial charge on any atom is 0.190 e. The molecule has 0 atom stereocenters. The maximum absolute atomic E-state index is 4.63. The Hall–Kier alpha value is -1.85. The smallest absolute Gasteiger partial charge is 0.190 e. The summed E-state index contributed by atoms with van der Waals surface area (Å²) >= 11 is 3.31. The number of fused-ring (bicyclic) bond motifs is 1. The number of benzene rings is 1. The lowest BCUT2D eigenvalue weighted by molar-refractivity contribution is 1.00. The average Bonchev–Trinajstić information content (AvgIpc) is 3.00. The van der Waals surface area contributed by atoms with Gasteiger partial charge in [0.1, 0.15) is 5.82 Å². The first-order chi connectivity index (χ1) is 10.4. The van der Waals surface area contributed by atoms with Crippen molar-refractivity contribution in [1.29, 1.82) is 0 Å². The van der Waals surface area contributed by atoms with Crippen LogP contribution in [0, 0.1) is 0 Å². The molecule has 0 aliphatic carbocycles. The van der Waals surface area contributed by atoms with Crippen LogP contribution in [-0.2, 0) is 5.75 Å². The van der Waals surface area contributed by atoms with Gasteiger partial charge in [-0.2, -0.15) is 0 Å². The fraction of sp³-hybridized carbons (Fsp3) is 0.125. The number of thioether (sulfide) groups is 1. The zero-order valence-electron chi connectivity index (χ0n) is 11.5. The number of anilines is 1. The monoisotopic (exact) mass is 313 g/mol. The van der Waals surface area contributed by atoms with E-state index in [9.17, 15) is 0 Å². The van der Waals surface area contributed by atoms with Crippen molar-refractivity contribution in [2.24, 2.45) is 0 Å². The molecule has 0 saturated heterocycles. The van der Waals surface area contributed by atoms with Crippen LogP contribution in [0.2, 0.25) is 0 Å². The Bertz CT molecular complexity index is 738.